The number of carbonyl (C=O) groups excluding carboxylic acids is 2. The highest BCUT2D eigenvalue weighted by atomic mass is 16.4. The van der Waals surface area contributed by atoms with Gasteiger partial charge in [0.05, 0.1) is 36.4 Å². The molecule has 0 saturated carbocycles. The fraction of sp³-hybridized carbons (Fsp3) is 0.250. The molecule has 0 radical (unpaired) electrons. The first-order valence-corrected chi connectivity index (χ1v) is 7.36. The minimum atomic E-state index is -1.24. The van der Waals surface area contributed by atoms with Gasteiger partial charge in [0.15, 0.2) is 0 Å². The maximum atomic E-state index is 10.0. The maximum absolute atomic E-state index is 10.0. The van der Waals surface area contributed by atoms with Gasteiger partial charge in [-0.3, -0.25) is 9.97 Å². The molecule has 2 aromatic rings. The minimum absolute atomic E-state index is 0. The summed E-state index contributed by atoms with van der Waals surface area (Å²) in [5.41, 5.74) is 7.33. The van der Waals surface area contributed by atoms with Gasteiger partial charge in [0.2, 0.25) is 0 Å². The van der Waals surface area contributed by atoms with Crippen LogP contribution in [-0.2, 0) is 0 Å². The Morgan fingerprint density at radius 1 is 0.800 bits per heavy atom. The van der Waals surface area contributed by atoms with Crippen LogP contribution in [0.25, 0.3) is 0 Å². The van der Waals surface area contributed by atoms with Crippen LogP contribution in [-0.4, -0.2) is 40.5 Å². The lowest BCUT2D eigenvalue weighted by atomic mass is 10.3. The van der Waals surface area contributed by atoms with Gasteiger partial charge < -0.3 is 36.7 Å². The second-order valence-electron chi connectivity index (χ2n) is 4.42. The zero-order valence-corrected chi connectivity index (χ0v) is 13.9. The van der Waals surface area contributed by atoms with E-state index in [0.717, 1.165) is 13.1 Å². The van der Waals surface area contributed by atoms with E-state index in [-0.39, 0.29) is 16.9 Å². The predicted octanol–water partition coefficient (Wildman–Crippen LogP) is -3.68. The highest BCUT2D eigenvalue weighted by molar-refractivity contribution is 5.83. The molecule has 9 heteroatoms. The molecule has 0 aliphatic rings. The van der Waals surface area contributed by atoms with Crippen LogP contribution in [0, 0.1) is 0 Å². The van der Waals surface area contributed by atoms with Crippen molar-refractivity contribution in [2.45, 2.75) is 12.8 Å². The number of hydrogen-bond donors (Lipinski definition) is 2. The second kappa shape index (κ2) is 16.0. The number of pyridine rings is 2. The Morgan fingerprint density at radius 3 is 1.32 bits per heavy atom. The molecule has 2 heterocycles. The Labute approximate surface area is 145 Å². The van der Waals surface area contributed by atoms with Crippen molar-refractivity contribution in [2.75, 3.05) is 13.1 Å². The number of quaternary nitrogens is 2. The largest absolute Gasteiger partial charge is 0.543 e. The molecule has 2 rings (SSSR count). The number of carboxylic acids is 2. The summed E-state index contributed by atoms with van der Waals surface area (Å²) in [5.74, 6) is -2.48. The molecule has 0 saturated heterocycles. The summed E-state index contributed by atoms with van der Waals surface area (Å²) in [6.07, 6.45) is 5.29. The van der Waals surface area contributed by atoms with Crippen molar-refractivity contribution in [2.24, 2.45) is 0 Å². The molecule has 0 unspecified atom stereocenters. The molecular weight excluding hydrogens is 328 g/mol. The molecule has 0 fully saturated rings. The van der Waals surface area contributed by atoms with E-state index in [9.17, 15) is 19.8 Å². The maximum Gasteiger partial charge on any atom is 0.0899 e. The molecule has 0 amide bonds. The van der Waals surface area contributed by atoms with Crippen LogP contribution in [0.5, 0.6) is 0 Å². The number of aromatic carboxylic acids is 2. The van der Waals surface area contributed by atoms with E-state index in [1.54, 1.807) is 24.3 Å². The van der Waals surface area contributed by atoms with Crippen molar-refractivity contribution in [3.05, 3.63) is 60.2 Å². The molecule has 2 aromatic heterocycles. The monoisotopic (exact) mass is 352 g/mol. The molecule has 25 heavy (non-hydrogen) atoms. The summed E-state index contributed by atoms with van der Waals surface area (Å²) in [6.45, 7) is 2.13. The summed E-state index contributed by atoms with van der Waals surface area (Å²) in [5, 5.41) is 20.1. The average Bonchev–Trinajstić information content (AvgIpc) is 2.62. The summed E-state index contributed by atoms with van der Waals surface area (Å²) < 4.78 is 0. The van der Waals surface area contributed by atoms with Crippen molar-refractivity contribution in [1.82, 2.24) is 9.97 Å². The van der Waals surface area contributed by atoms with Gasteiger partial charge in [-0.1, -0.05) is 12.1 Å². The van der Waals surface area contributed by atoms with Crippen LogP contribution >= 0.6 is 0 Å². The minimum Gasteiger partial charge on any atom is -0.543 e. The van der Waals surface area contributed by atoms with E-state index in [4.69, 9.17) is 0 Å². The van der Waals surface area contributed by atoms with Gasteiger partial charge in [0, 0.05) is 25.2 Å². The number of carboxylic acid groups (broad SMARTS) is 2. The summed E-state index contributed by atoms with van der Waals surface area (Å²) in [4.78, 5) is 27.1. The van der Waals surface area contributed by atoms with Crippen LogP contribution in [0.4, 0.5) is 0 Å². The van der Waals surface area contributed by atoms with Gasteiger partial charge in [-0.2, -0.15) is 0 Å². The topological polar surface area (TPSA) is 193 Å². The van der Waals surface area contributed by atoms with Gasteiger partial charge >= 0.3 is 0 Å². The Balaban J connectivity index is 0. The average molecular weight is 352 g/mol. The molecule has 0 aromatic carbocycles. The zero-order chi connectivity index (χ0) is 18.2. The highest BCUT2D eigenvalue weighted by Gasteiger charge is 1.88. The molecule has 0 spiro atoms. The predicted molar refractivity (Wildman–Crippen MR) is 85.5 cm³/mol. The van der Waals surface area contributed by atoms with Crippen molar-refractivity contribution < 1.29 is 36.7 Å². The normalized spacial score (nSPS) is 8.56. The third kappa shape index (κ3) is 13.3. The van der Waals surface area contributed by atoms with Gasteiger partial charge in [-0.05, 0) is 24.3 Å². The molecule has 0 bridgehead atoms. The first-order chi connectivity index (χ1) is 11.5. The molecule has 0 atom stereocenters. The SMILES string of the molecule is O.O=C([O-])c1ccccn1.O=C([O-])c1ccccn1.[NH3+]CCCC[NH3+]. The summed E-state index contributed by atoms with van der Waals surface area (Å²) >= 11 is 0. The summed E-state index contributed by atoms with van der Waals surface area (Å²) in [6, 6.07) is 9.25. The Bertz CT molecular complexity index is 528. The van der Waals surface area contributed by atoms with Crippen LogP contribution in [0.2, 0.25) is 0 Å². The number of hydrogen-bond acceptors (Lipinski definition) is 6. The first kappa shape index (κ1) is 24.4. The zero-order valence-electron chi connectivity index (χ0n) is 13.9. The molecule has 0 aliphatic heterocycles. The van der Waals surface area contributed by atoms with E-state index >= 15 is 0 Å². The molecule has 9 nitrogen and oxygen atoms in total. The van der Waals surface area contributed by atoms with Gasteiger partial charge in [0.25, 0.3) is 0 Å². The van der Waals surface area contributed by atoms with Crippen molar-refractivity contribution in [3.8, 4) is 0 Å². The van der Waals surface area contributed by atoms with Gasteiger partial charge in [0.1, 0.15) is 0 Å². The fourth-order valence-electron chi connectivity index (χ4n) is 1.32. The van der Waals surface area contributed by atoms with E-state index in [0.29, 0.717) is 0 Å². The summed E-state index contributed by atoms with van der Waals surface area (Å²) in [7, 11) is 0. The standard InChI is InChI=1S/2C6H5NO2.C4H12N2.H2O/c2*8-6(9)5-3-1-2-4-7-5;5-3-1-2-4-6;/h2*1-4H,(H,8,9);1-6H2;1H2. The Kier molecular flexibility index (Phi) is 15.6. The van der Waals surface area contributed by atoms with E-state index in [2.05, 4.69) is 21.4 Å². The second-order valence-corrected chi connectivity index (χ2v) is 4.42. The first-order valence-electron chi connectivity index (χ1n) is 7.36. The lowest BCUT2D eigenvalue weighted by molar-refractivity contribution is -0.384. The van der Waals surface area contributed by atoms with Crippen molar-refractivity contribution >= 4 is 11.9 Å². The number of rotatable bonds is 5. The number of unbranched alkanes of at least 4 members (excludes halogenated alkanes) is 1. The Hall–Kier alpha value is -2.88. The fourth-order valence-corrected chi connectivity index (χ4v) is 1.32. The lowest BCUT2D eigenvalue weighted by Crippen LogP contribution is -2.53. The number of aromatic nitrogens is 2. The van der Waals surface area contributed by atoms with Crippen molar-refractivity contribution in [1.29, 1.82) is 0 Å². The van der Waals surface area contributed by atoms with Crippen LogP contribution in [0.1, 0.15) is 33.8 Å². The van der Waals surface area contributed by atoms with E-state index in [1.807, 2.05) is 0 Å². The molecular formula is C16H24N4O5. The van der Waals surface area contributed by atoms with Crippen molar-refractivity contribution in [3.63, 3.8) is 0 Å². The Morgan fingerprint density at radius 2 is 1.16 bits per heavy atom. The number of nitrogens with zero attached hydrogens (tertiary/aromatic N) is 2. The van der Waals surface area contributed by atoms with E-state index < -0.39 is 11.9 Å². The van der Waals surface area contributed by atoms with Crippen LogP contribution in [0.15, 0.2) is 48.8 Å². The quantitative estimate of drug-likeness (QED) is 0.520. The number of carbonyl (C=O) groups is 2. The van der Waals surface area contributed by atoms with Gasteiger partial charge in [-0.15, -0.1) is 0 Å². The van der Waals surface area contributed by atoms with Crippen LogP contribution < -0.4 is 21.7 Å². The van der Waals surface area contributed by atoms with E-state index in [1.165, 1.54) is 37.4 Å². The molecule has 138 valence electrons. The molecule has 0 aliphatic carbocycles. The van der Waals surface area contributed by atoms with Crippen LogP contribution in [0.3, 0.4) is 0 Å². The lowest BCUT2D eigenvalue weighted by Gasteiger charge is -1.96. The third-order valence-corrected chi connectivity index (χ3v) is 2.50. The highest BCUT2D eigenvalue weighted by Crippen LogP contribution is 1.89. The smallest absolute Gasteiger partial charge is 0.0899 e. The third-order valence-electron chi connectivity index (χ3n) is 2.50. The van der Waals surface area contributed by atoms with Gasteiger partial charge in [-0.25, -0.2) is 0 Å². The molecule has 8 N–H and O–H groups in total.